The number of thiophene rings is 1. The molecule has 3 aromatic rings. The normalized spacial score (nSPS) is 10.7. The number of aryl methyl sites for hydroxylation is 1. The van der Waals surface area contributed by atoms with Crippen molar-refractivity contribution in [2.45, 2.75) is 20.4 Å². The first-order valence-electron chi connectivity index (χ1n) is 8.71. The van der Waals surface area contributed by atoms with Crippen LogP contribution in [0.25, 0.3) is 0 Å². The van der Waals surface area contributed by atoms with E-state index in [0.717, 1.165) is 11.4 Å². The van der Waals surface area contributed by atoms with Crippen molar-refractivity contribution in [3.05, 3.63) is 74.7 Å². The van der Waals surface area contributed by atoms with Crippen molar-refractivity contribution < 1.29 is 19.1 Å². The zero-order chi connectivity index (χ0) is 20.1. The summed E-state index contributed by atoms with van der Waals surface area (Å²) in [5.74, 6) is -0.471. The lowest BCUT2D eigenvalue weighted by atomic mass is 10.1. The third-order valence-electron chi connectivity index (χ3n) is 4.31. The smallest absolute Gasteiger partial charge is 0.344 e. The van der Waals surface area contributed by atoms with Crippen molar-refractivity contribution in [1.29, 1.82) is 0 Å². The number of hydrogen-bond acceptors (Lipinski definition) is 5. The van der Waals surface area contributed by atoms with Crippen molar-refractivity contribution in [3.63, 3.8) is 0 Å². The molecule has 7 heteroatoms. The first-order chi connectivity index (χ1) is 13.5. The molecule has 28 heavy (non-hydrogen) atoms. The van der Waals surface area contributed by atoms with Crippen LogP contribution in [-0.2, 0) is 16.1 Å². The SMILES string of the molecule is Cc1cc(C(=O)COC(=O)COc2ccccc2Cl)c(C)n1Cc1cccs1. The molecule has 0 aliphatic rings. The number of benzene rings is 1. The third kappa shape index (κ3) is 4.82. The van der Waals surface area contributed by atoms with Gasteiger partial charge in [-0.3, -0.25) is 4.79 Å². The molecule has 0 amide bonds. The van der Waals surface area contributed by atoms with Crippen LogP contribution >= 0.6 is 22.9 Å². The van der Waals surface area contributed by atoms with Gasteiger partial charge >= 0.3 is 5.97 Å². The van der Waals surface area contributed by atoms with E-state index >= 15 is 0 Å². The number of nitrogens with zero attached hydrogens (tertiary/aromatic N) is 1. The maximum atomic E-state index is 12.5. The van der Waals surface area contributed by atoms with E-state index in [9.17, 15) is 9.59 Å². The second-order valence-corrected chi connectivity index (χ2v) is 7.69. The van der Waals surface area contributed by atoms with Crippen LogP contribution < -0.4 is 4.74 Å². The zero-order valence-corrected chi connectivity index (χ0v) is 17.2. The average Bonchev–Trinajstić information content (AvgIpc) is 3.29. The van der Waals surface area contributed by atoms with Crippen LogP contribution in [-0.4, -0.2) is 29.5 Å². The molecule has 0 fully saturated rings. The van der Waals surface area contributed by atoms with Crippen molar-refractivity contribution in [3.8, 4) is 5.75 Å². The topological polar surface area (TPSA) is 57.5 Å². The van der Waals surface area contributed by atoms with E-state index in [0.29, 0.717) is 22.9 Å². The molecule has 0 bridgehead atoms. The van der Waals surface area contributed by atoms with Crippen molar-refractivity contribution in [2.24, 2.45) is 0 Å². The molecule has 3 rings (SSSR count). The maximum absolute atomic E-state index is 12.5. The van der Waals surface area contributed by atoms with Gasteiger partial charge in [-0.05, 0) is 43.5 Å². The molecule has 0 saturated carbocycles. The Labute approximate surface area is 172 Å². The highest BCUT2D eigenvalue weighted by molar-refractivity contribution is 7.09. The number of carbonyl (C=O) groups is 2. The molecule has 0 atom stereocenters. The summed E-state index contributed by atoms with van der Waals surface area (Å²) in [5, 5.41) is 2.43. The predicted octanol–water partition coefficient (Wildman–Crippen LogP) is 4.67. The first kappa shape index (κ1) is 20.2. The molecule has 1 aromatic carbocycles. The maximum Gasteiger partial charge on any atom is 0.344 e. The minimum atomic E-state index is -0.624. The Bertz CT molecular complexity index is 978. The van der Waals surface area contributed by atoms with E-state index in [4.69, 9.17) is 21.1 Å². The summed E-state index contributed by atoms with van der Waals surface area (Å²) >= 11 is 7.64. The molecular formula is C21H20ClNO4S. The monoisotopic (exact) mass is 417 g/mol. The Hall–Kier alpha value is -2.57. The van der Waals surface area contributed by atoms with E-state index in [2.05, 4.69) is 10.6 Å². The minimum Gasteiger partial charge on any atom is -0.480 e. The first-order valence-corrected chi connectivity index (χ1v) is 9.96. The van der Waals surface area contributed by atoms with Gasteiger partial charge in [0.1, 0.15) is 5.75 Å². The Kier molecular flexibility index (Phi) is 6.54. The molecule has 0 spiro atoms. The van der Waals surface area contributed by atoms with Crippen LogP contribution in [0.4, 0.5) is 0 Å². The Morgan fingerprint density at radius 2 is 1.89 bits per heavy atom. The predicted molar refractivity (Wildman–Crippen MR) is 110 cm³/mol. The second kappa shape index (κ2) is 9.08. The van der Waals surface area contributed by atoms with E-state index in [1.807, 2.05) is 31.4 Å². The summed E-state index contributed by atoms with van der Waals surface area (Å²) in [6, 6.07) is 12.7. The van der Waals surface area contributed by atoms with Gasteiger partial charge < -0.3 is 14.0 Å². The van der Waals surface area contributed by atoms with Crippen LogP contribution in [0.2, 0.25) is 5.02 Å². The Balaban J connectivity index is 1.56. The van der Waals surface area contributed by atoms with Gasteiger partial charge in [0.2, 0.25) is 5.78 Å². The molecular weight excluding hydrogens is 398 g/mol. The highest BCUT2D eigenvalue weighted by Crippen LogP contribution is 2.23. The molecule has 0 saturated heterocycles. The quantitative estimate of drug-likeness (QED) is 0.394. The number of aromatic nitrogens is 1. The molecule has 0 radical (unpaired) electrons. The van der Waals surface area contributed by atoms with E-state index in [-0.39, 0.29) is 19.0 Å². The number of hydrogen-bond donors (Lipinski definition) is 0. The lowest BCUT2D eigenvalue weighted by Crippen LogP contribution is -2.20. The fraction of sp³-hybridized carbons (Fsp3) is 0.238. The van der Waals surface area contributed by atoms with Gasteiger partial charge in [0, 0.05) is 21.8 Å². The summed E-state index contributed by atoms with van der Waals surface area (Å²) in [7, 11) is 0. The summed E-state index contributed by atoms with van der Waals surface area (Å²) in [6.45, 7) is 3.94. The number of ether oxygens (including phenoxy) is 2. The standard InChI is InChI=1S/C21H20ClNO4S/c1-14-10-17(15(2)23(14)11-16-6-5-9-28-16)19(24)12-27-21(25)13-26-20-8-4-3-7-18(20)22/h3-10H,11-13H2,1-2H3. The van der Waals surface area contributed by atoms with Crippen LogP contribution in [0.5, 0.6) is 5.75 Å². The van der Waals surface area contributed by atoms with Gasteiger partial charge in [0.15, 0.2) is 13.2 Å². The minimum absolute atomic E-state index is 0.239. The van der Waals surface area contributed by atoms with Crippen LogP contribution in [0.15, 0.2) is 47.8 Å². The zero-order valence-electron chi connectivity index (χ0n) is 15.6. The van der Waals surface area contributed by atoms with Gasteiger partial charge in [-0.1, -0.05) is 29.8 Å². The highest BCUT2D eigenvalue weighted by atomic mass is 35.5. The molecule has 2 aromatic heterocycles. The fourth-order valence-corrected chi connectivity index (χ4v) is 3.73. The number of rotatable bonds is 8. The number of para-hydroxylation sites is 1. The largest absolute Gasteiger partial charge is 0.480 e. The number of ketones is 1. The van der Waals surface area contributed by atoms with Gasteiger partial charge in [-0.2, -0.15) is 0 Å². The van der Waals surface area contributed by atoms with Gasteiger partial charge in [-0.15, -0.1) is 11.3 Å². The second-order valence-electron chi connectivity index (χ2n) is 6.25. The number of Topliss-reactive ketones (excluding diaryl/α,β-unsaturated/α-hetero) is 1. The van der Waals surface area contributed by atoms with E-state index in [1.165, 1.54) is 4.88 Å². The van der Waals surface area contributed by atoms with Crippen LogP contribution in [0, 0.1) is 13.8 Å². The third-order valence-corrected chi connectivity index (χ3v) is 5.49. The lowest BCUT2D eigenvalue weighted by Gasteiger charge is -2.09. The Morgan fingerprint density at radius 1 is 1.11 bits per heavy atom. The number of halogens is 1. The number of esters is 1. The molecule has 5 nitrogen and oxygen atoms in total. The van der Waals surface area contributed by atoms with Crippen LogP contribution in [0.3, 0.4) is 0 Å². The van der Waals surface area contributed by atoms with E-state index < -0.39 is 5.97 Å². The summed E-state index contributed by atoms with van der Waals surface area (Å²) < 4.78 is 12.5. The number of carbonyl (C=O) groups excluding carboxylic acids is 2. The van der Waals surface area contributed by atoms with Crippen molar-refractivity contribution in [1.82, 2.24) is 4.57 Å². The molecule has 146 valence electrons. The van der Waals surface area contributed by atoms with Crippen molar-refractivity contribution in [2.75, 3.05) is 13.2 Å². The summed E-state index contributed by atoms with van der Waals surface area (Å²) in [5.41, 5.74) is 2.41. The average molecular weight is 418 g/mol. The lowest BCUT2D eigenvalue weighted by molar-refractivity contribution is -0.144. The van der Waals surface area contributed by atoms with Gasteiger partial charge in [0.25, 0.3) is 0 Å². The Morgan fingerprint density at radius 3 is 2.61 bits per heavy atom. The van der Waals surface area contributed by atoms with E-state index in [1.54, 1.807) is 35.6 Å². The van der Waals surface area contributed by atoms with Crippen molar-refractivity contribution >= 4 is 34.7 Å². The highest BCUT2D eigenvalue weighted by Gasteiger charge is 2.18. The van der Waals surface area contributed by atoms with Crippen LogP contribution in [0.1, 0.15) is 26.6 Å². The molecule has 0 aliphatic heterocycles. The molecule has 0 N–H and O–H groups in total. The molecule has 0 unspecified atom stereocenters. The molecule has 2 heterocycles. The molecule has 0 aliphatic carbocycles. The summed E-state index contributed by atoms with van der Waals surface area (Å²) in [4.78, 5) is 25.6. The fourth-order valence-electron chi connectivity index (χ4n) is 2.85. The van der Waals surface area contributed by atoms with Gasteiger partial charge in [0.05, 0.1) is 11.6 Å². The van der Waals surface area contributed by atoms with Gasteiger partial charge in [-0.25, -0.2) is 4.79 Å². The summed E-state index contributed by atoms with van der Waals surface area (Å²) in [6.07, 6.45) is 0.